The van der Waals surface area contributed by atoms with Crippen LogP contribution in [-0.4, -0.2) is 17.1 Å². The summed E-state index contributed by atoms with van der Waals surface area (Å²) in [4.78, 5) is 25.0. The van der Waals surface area contributed by atoms with E-state index in [4.69, 9.17) is 0 Å². The summed E-state index contributed by atoms with van der Waals surface area (Å²) >= 11 is 1.12. The van der Waals surface area contributed by atoms with Crippen molar-refractivity contribution < 1.29 is 9.59 Å². The Morgan fingerprint density at radius 3 is 2.32 bits per heavy atom. The van der Waals surface area contributed by atoms with Gasteiger partial charge in [-0.1, -0.05) is 43.3 Å². The molecule has 0 saturated carbocycles. The lowest BCUT2D eigenvalue weighted by Crippen LogP contribution is -2.45. The number of hydrogen-bond donors (Lipinski definition) is 2. The zero-order chi connectivity index (χ0) is 21.2. The highest BCUT2D eigenvalue weighted by molar-refractivity contribution is 8.04. The van der Waals surface area contributed by atoms with Crippen LogP contribution in [0.3, 0.4) is 0 Å². The van der Waals surface area contributed by atoms with Gasteiger partial charge in [-0.2, -0.15) is 10.5 Å². The summed E-state index contributed by atoms with van der Waals surface area (Å²) < 4.78 is 0. The molecule has 0 fully saturated rings. The number of nitrogens with one attached hydrogen (secondary N) is 2. The number of thioether (sulfide) groups is 1. The number of rotatable bonds is 4. The first-order valence-corrected chi connectivity index (χ1v) is 9.81. The van der Waals surface area contributed by atoms with Crippen LogP contribution in [0.1, 0.15) is 37.5 Å². The van der Waals surface area contributed by atoms with Crippen molar-refractivity contribution in [2.45, 2.75) is 46.8 Å². The van der Waals surface area contributed by atoms with E-state index < -0.39 is 22.5 Å². The maximum Gasteiger partial charge on any atom is 0.243 e. The minimum atomic E-state index is -0.950. The van der Waals surface area contributed by atoms with Crippen LogP contribution < -0.4 is 10.6 Å². The number of allylic oxidation sites excluding steroid dienone is 1. The van der Waals surface area contributed by atoms with Gasteiger partial charge in [-0.3, -0.25) is 9.59 Å². The van der Waals surface area contributed by atoms with Crippen molar-refractivity contribution in [1.82, 2.24) is 5.32 Å². The number of aryl methyl sites for hydroxylation is 3. The van der Waals surface area contributed by atoms with Gasteiger partial charge in [0.1, 0.15) is 5.92 Å². The van der Waals surface area contributed by atoms with Crippen LogP contribution >= 0.6 is 11.8 Å². The number of carbonyl (C=O) groups excluding carboxylic acids is 2. The van der Waals surface area contributed by atoms with Crippen molar-refractivity contribution in [1.29, 1.82) is 10.5 Å². The van der Waals surface area contributed by atoms with E-state index in [-0.39, 0.29) is 5.91 Å². The van der Waals surface area contributed by atoms with Gasteiger partial charge in [-0.05, 0) is 38.8 Å². The average Bonchev–Trinajstić information content (AvgIpc) is 2.57. The standard InChI is InChI=1S/C21H24N4O2S/c1-11-7-12(2)17(13(3)8-11)24-18(26)14(4)28-20-16(10-23)21(5,6)15(9-22)19(27)25-20/h7-8,14-15H,1-6H3,(H,24,26)(H,25,27)/t14-,15-/m1/s1. The molecule has 0 unspecified atom stereocenters. The Kier molecular flexibility index (Phi) is 6.21. The molecule has 146 valence electrons. The molecule has 6 nitrogen and oxygen atoms in total. The van der Waals surface area contributed by atoms with Gasteiger partial charge in [0.05, 0.1) is 28.0 Å². The molecule has 28 heavy (non-hydrogen) atoms. The van der Waals surface area contributed by atoms with E-state index in [1.54, 1.807) is 20.8 Å². The van der Waals surface area contributed by atoms with Gasteiger partial charge in [-0.25, -0.2) is 0 Å². The number of amides is 2. The minimum Gasteiger partial charge on any atom is -0.325 e. The zero-order valence-electron chi connectivity index (χ0n) is 16.9. The largest absolute Gasteiger partial charge is 0.325 e. The van der Waals surface area contributed by atoms with Crippen LogP contribution in [0.5, 0.6) is 0 Å². The lowest BCUT2D eigenvalue weighted by atomic mass is 9.72. The second-order valence-corrected chi connectivity index (χ2v) is 8.96. The number of anilines is 1. The normalized spacial score (nSPS) is 19.3. The first kappa shape index (κ1) is 21.5. The lowest BCUT2D eigenvalue weighted by molar-refractivity contribution is -0.125. The van der Waals surface area contributed by atoms with E-state index in [2.05, 4.69) is 16.7 Å². The highest BCUT2D eigenvalue weighted by Gasteiger charge is 2.45. The van der Waals surface area contributed by atoms with Crippen LogP contribution in [-0.2, 0) is 9.59 Å². The van der Waals surface area contributed by atoms with Crippen molar-refractivity contribution >= 4 is 29.3 Å². The number of carbonyl (C=O) groups is 2. The molecule has 1 aromatic rings. The van der Waals surface area contributed by atoms with Crippen LogP contribution in [0.2, 0.25) is 0 Å². The van der Waals surface area contributed by atoms with Crippen LogP contribution in [0.4, 0.5) is 5.69 Å². The molecule has 1 aliphatic rings. The lowest BCUT2D eigenvalue weighted by Gasteiger charge is -2.35. The fourth-order valence-electron chi connectivity index (χ4n) is 3.35. The van der Waals surface area contributed by atoms with E-state index in [1.165, 1.54) is 0 Å². The molecule has 0 saturated heterocycles. The topological polar surface area (TPSA) is 106 Å². The van der Waals surface area contributed by atoms with Gasteiger partial charge in [0.15, 0.2) is 0 Å². The summed E-state index contributed by atoms with van der Waals surface area (Å²) in [6, 6.07) is 8.08. The second kappa shape index (κ2) is 8.08. The fraction of sp³-hybridized carbons (Fsp3) is 0.429. The maximum absolute atomic E-state index is 12.7. The third kappa shape index (κ3) is 4.05. The molecule has 1 aliphatic heterocycles. The number of hydrogen-bond acceptors (Lipinski definition) is 5. The highest BCUT2D eigenvalue weighted by atomic mass is 32.2. The molecule has 2 atom stereocenters. The Labute approximate surface area is 170 Å². The van der Waals surface area contributed by atoms with Crippen molar-refractivity contribution in [3.8, 4) is 12.1 Å². The first-order chi connectivity index (χ1) is 13.0. The predicted octanol–water partition coefficient (Wildman–Crippen LogP) is 3.70. The van der Waals surface area contributed by atoms with Gasteiger partial charge in [0.2, 0.25) is 11.8 Å². The fourth-order valence-corrected chi connectivity index (χ4v) is 4.45. The first-order valence-electron chi connectivity index (χ1n) is 8.93. The number of benzene rings is 1. The van der Waals surface area contributed by atoms with Crippen molar-refractivity contribution in [3.63, 3.8) is 0 Å². The van der Waals surface area contributed by atoms with Crippen LogP contribution in [0.15, 0.2) is 22.7 Å². The van der Waals surface area contributed by atoms with E-state index in [0.717, 1.165) is 34.1 Å². The maximum atomic E-state index is 12.7. The van der Waals surface area contributed by atoms with Gasteiger partial charge < -0.3 is 10.6 Å². The molecule has 2 N–H and O–H groups in total. The highest BCUT2D eigenvalue weighted by Crippen LogP contribution is 2.42. The van der Waals surface area contributed by atoms with E-state index in [0.29, 0.717) is 10.6 Å². The molecule has 7 heteroatoms. The summed E-state index contributed by atoms with van der Waals surface area (Å²) in [5.41, 5.74) is 3.24. The zero-order valence-corrected chi connectivity index (χ0v) is 17.7. The summed E-state index contributed by atoms with van der Waals surface area (Å²) in [5.74, 6) is -1.63. The summed E-state index contributed by atoms with van der Waals surface area (Å²) in [6.45, 7) is 11.0. The Bertz CT molecular complexity index is 927. The van der Waals surface area contributed by atoms with Crippen molar-refractivity contribution in [2.75, 3.05) is 5.32 Å². The quantitative estimate of drug-likeness (QED) is 0.807. The molecule has 0 aromatic heterocycles. The Morgan fingerprint density at radius 2 is 1.82 bits per heavy atom. The summed E-state index contributed by atoms with van der Waals surface area (Å²) in [7, 11) is 0. The molecular formula is C21H24N4O2S. The molecule has 0 aliphatic carbocycles. The van der Waals surface area contributed by atoms with Crippen molar-refractivity contribution in [2.24, 2.45) is 11.3 Å². The smallest absolute Gasteiger partial charge is 0.243 e. The molecule has 0 bridgehead atoms. The third-order valence-corrected chi connectivity index (χ3v) is 6.03. The number of nitriles is 2. The van der Waals surface area contributed by atoms with E-state index in [9.17, 15) is 20.1 Å². The van der Waals surface area contributed by atoms with Gasteiger partial charge in [-0.15, -0.1) is 0 Å². The molecule has 2 amide bonds. The van der Waals surface area contributed by atoms with Crippen LogP contribution in [0, 0.1) is 54.8 Å². The van der Waals surface area contributed by atoms with E-state index >= 15 is 0 Å². The second-order valence-electron chi connectivity index (χ2n) is 7.61. The average molecular weight is 397 g/mol. The summed E-state index contributed by atoms with van der Waals surface area (Å²) in [5, 5.41) is 24.3. The van der Waals surface area contributed by atoms with Gasteiger partial charge >= 0.3 is 0 Å². The Morgan fingerprint density at radius 1 is 1.25 bits per heavy atom. The molecule has 0 spiro atoms. The van der Waals surface area contributed by atoms with E-state index in [1.807, 2.05) is 39.0 Å². The predicted molar refractivity (Wildman–Crippen MR) is 110 cm³/mol. The third-order valence-electron chi connectivity index (χ3n) is 4.92. The van der Waals surface area contributed by atoms with Crippen molar-refractivity contribution in [3.05, 3.63) is 39.4 Å². The SMILES string of the molecule is Cc1cc(C)c(NC(=O)[C@@H](C)SC2=C(C#N)C(C)(C)[C@H](C#N)C(=O)N2)c(C)c1. The minimum absolute atomic E-state index is 0.223. The van der Waals surface area contributed by atoms with Gasteiger partial charge in [0, 0.05) is 11.1 Å². The molecule has 1 heterocycles. The number of nitrogens with zero attached hydrogens (tertiary/aromatic N) is 2. The molecular weight excluding hydrogens is 372 g/mol. The van der Waals surface area contributed by atoms with Crippen LogP contribution in [0.25, 0.3) is 0 Å². The molecule has 2 rings (SSSR count). The Hall–Kier alpha value is -2.77. The molecule has 0 radical (unpaired) electrons. The summed E-state index contributed by atoms with van der Waals surface area (Å²) in [6.07, 6.45) is 0. The monoisotopic (exact) mass is 396 g/mol. The van der Waals surface area contributed by atoms with Gasteiger partial charge in [0.25, 0.3) is 0 Å². The Balaban J connectivity index is 2.26. The molecule has 1 aromatic carbocycles.